The number of fused-ring (bicyclic) bond motifs is 2. The monoisotopic (exact) mass is 592 g/mol. The molecule has 13 heteroatoms. The molecule has 2 fully saturated rings. The fraction of sp³-hybridized carbons (Fsp3) is 0.310. The van der Waals surface area contributed by atoms with Crippen LogP contribution in [0.4, 0.5) is 8.78 Å². The molecule has 10 nitrogen and oxygen atoms in total. The van der Waals surface area contributed by atoms with Crippen LogP contribution in [0.25, 0.3) is 27.0 Å². The molecule has 2 aliphatic rings. The van der Waals surface area contributed by atoms with E-state index in [1.54, 1.807) is 34.5 Å². The van der Waals surface area contributed by atoms with Crippen molar-refractivity contribution in [2.45, 2.75) is 49.9 Å². The minimum atomic E-state index is -1.22. The molecule has 42 heavy (non-hydrogen) atoms. The molecule has 0 radical (unpaired) electrons. The first-order chi connectivity index (χ1) is 20.3. The van der Waals surface area contributed by atoms with E-state index < -0.39 is 48.2 Å². The summed E-state index contributed by atoms with van der Waals surface area (Å²) in [5.41, 5.74) is 2.76. The quantitative estimate of drug-likeness (QED) is 0.286. The van der Waals surface area contributed by atoms with E-state index in [2.05, 4.69) is 26.9 Å². The van der Waals surface area contributed by atoms with Gasteiger partial charge in [0.05, 0.1) is 28.0 Å². The summed E-state index contributed by atoms with van der Waals surface area (Å²) in [6.45, 7) is 5.57. The summed E-state index contributed by atoms with van der Waals surface area (Å²) >= 11 is 1.57. The summed E-state index contributed by atoms with van der Waals surface area (Å²) in [5.74, 6) is -1.55. The van der Waals surface area contributed by atoms with Crippen molar-refractivity contribution in [1.82, 2.24) is 29.5 Å². The SMILES string of the molecule is C=CCc1cc(-c2cnn(C3C(O)[C@H](c4nncn4-c4ccc5nc(C)sc5c4)OC4C(O)CO[C@@H]43)c2)cc(F)c1F. The van der Waals surface area contributed by atoms with Gasteiger partial charge in [0.15, 0.2) is 17.5 Å². The van der Waals surface area contributed by atoms with Crippen LogP contribution < -0.4 is 0 Å². The molecule has 5 aromatic rings. The number of aromatic nitrogens is 6. The van der Waals surface area contributed by atoms with Gasteiger partial charge in [-0.15, -0.1) is 28.1 Å². The average molecular weight is 593 g/mol. The molecule has 2 N–H and O–H groups in total. The second-order valence-electron chi connectivity index (χ2n) is 10.4. The molecule has 2 aliphatic heterocycles. The number of nitrogens with zero attached hydrogens (tertiary/aromatic N) is 6. The van der Waals surface area contributed by atoms with Crippen molar-refractivity contribution in [2.75, 3.05) is 6.61 Å². The predicted molar refractivity (Wildman–Crippen MR) is 149 cm³/mol. The lowest BCUT2D eigenvalue weighted by atomic mass is 9.91. The Bertz CT molecular complexity index is 1800. The summed E-state index contributed by atoms with van der Waals surface area (Å²) in [6.07, 6.45) is 1.68. The third-order valence-electron chi connectivity index (χ3n) is 7.76. The fourth-order valence-electron chi connectivity index (χ4n) is 5.81. The number of ether oxygens (including phenoxy) is 2. The van der Waals surface area contributed by atoms with Crippen molar-refractivity contribution in [3.05, 3.63) is 89.7 Å². The first-order valence-corrected chi connectivity index (χ1v) is 14.2. The predicted octanol–water partition coefficient (Wildman–Crippen LogP) is 3.86. The van der Waals surface area contributed by atoms with E-state index in [-0.39, 0.29) is 18.6 Å². The Balaban J connectivity index is 1.26. The molecule has 216 valence electrons. The van der Waals surface area contributed by atoms with Gasteiger partial charge in [-0.05, 0) is 54.8 Å². The van der Waals surface area contributed by atoms with E-state index in [0.29, 0.717) is 17.0 Å². The van der Waals surface area contributed by atoms with Crippen LogP contribution in [0.15, 0.2) is 61.7 Å². The van der Waals surface area contributed by atoms with Gasteiger partial charge in [-0.25, -0.2) is 13.8 Å². The standard InChI is InChI=1S/C29H26F2N6O4S/c1-3-4-15-7-16(8-19(30)23(15)31)17-10-33-37(11-17)24-25(39)28(41-26-21(38)12-40-27(24)26)29-35-32-13-36(29)18-5-6-20-22(9-18)42-14(2)34-20/h3,5-11,13,21,24-28,38-39H,1,4,12H2,2H3/t21?,24?,25?,26?,27-,28-/m1/s1. The normalized spacial score (nSPS) is 25.6. The van der Waals surface area contributed by atoms with Gasteiger partial charge in [0.1, 0.15) is 42.9 Å². The number of allylic oxidation sites excluding steroid dienone is 1. The number of aliphatic hydroxyl groups excluding tert-OH is 2. The summed E-state index contributed by atoms with van der Waals surface area (Å²) < 4.78 is 45.1. The van der Waals surface area contributed by atoms with Gasteiger partial charge in [-0.2, -0.15) is 5.10 Å². The zero-order valence-electron chi connectivity index (χ0n) is 22.3. The van der Waals surface area contributed by atoms with Gasteiger partial charge in [-0.1, -0.05) is 6.08 Å². The zero-order valence-corrected chi connectivity index (χ0v) is 23.2. The lowest BCUT2D eigenvalue weighted by Crippen LogP contribution is -2.52. The highest BCUT2D eigenvalue weighted by Crippen LogP contribution is 2.43. The Morgan fingerprint density at radius 1 is 1.17 bits per heavy atom. The highest BCUT2D eigenvalue weighted by molar-refractivity contribution is 7.18. The van der Waals surface area contributed by atoms with E-state index >= 15 is 0 Å². The van der Waals surface area contributed by atoms with Crippen LogP contribution in [0, 0.1) is 18.6 Å². The third kappa shape index (κ3) is 4.44. The third-order valence-corrected chi connectivity index (χ3v) is 8.69. The largest absolute Gasteiger partial charge is 0.388 e. The summed E-state index contributed by atoms with van der Waals surface area (Å²) in [5, 5.41) is 36.3. The van der Waals surface area contributed by atoms with Crippen molar-refractivity contribution < 1.29 is 28.5 Å². The maximum atomic E-state index is 14.4. The molecule has 5 heterocycles. The van der Waals surface area contributed by atoms with Crippen LogP contribution in [0.2, 0.25) is 0 Å². The Hall–Kier alpha value is -3.88. The molecule has 0 saturated carbocycles. The Morgan fingerprint density at radius 3 is 2.86 bits per heavy atom. The lowest BCUT2D eigenvalue weighted by Gasteiger charge is -2.41. The topological polar surface area (TPSA) is 120 Å². The van der Waals surface area contributed by atoms with Crippen molar-refractivity contribution in [3.63, 3.8) is 0 Å². The van der Waals surface area contributed by atoms with Crippen molar-refractivity contribution in [2.24, 2.45) is 0 Å². The molecule has 0 bridgehead atoms. The molecule has 0 spiro atoms. The van der Waals surface area contributed by atoms with Gasteiger partial charge >= 0.3 is 0 Å². The molecule has 4 unspecified atom stereocenters. The Labute approximate surface area is 242 Å². The average Bonchev–Trinajstić information content (AvgIpc) is 3.77. The minimum absolute atomic E-state index is 0.0154. The van der Waals surface area contributed by atoms with Crippen LogP contribution in [0.5, 0.6) is 0 Å². The number of aliphatic hydroxyl groups is 2. The highest BCUT2D eigenvalue weighted by Gasteiger charge is 2.54. The number of thiazole rings is 1. The summed E-state index contributed by atoms with van der Waals surface area (Å²) in [6, 6.07) is 7.63. The van der Waals surface area contributed by atoms with Gasteiger partial charge in [-0.3, -0.25) is 9.25 Å². The molecule has 0 aliphatic carbocycles. The van der Waals surface area contributed by atoms with Gasteiger partial charge in [0, 0.05) is 17.4 Å². The van der Waals surface area contributed by atoms with Crippen molar-refractivity contribution >= 4 is 21.6 Å². The zero-order chi connectivity index (χ0) is 29.1. The van der Waals surface area contributed by atoms with E-state index in [1.165, 1.54) is 17.0 Å². The van der Waals surface area contributed by atoms with Crippen molar-refractivity contribution in [3.8, 4) is 16.8 Å². The maximum absolute atomic E-state index is 14.4. The molecule has 3 aromatic heterocycles. The van der Waals surface area contributed by atoms with Gasteiger partial charge in [0.25, 0.3) is 0 Å². The van der Waals surface area contributed by atoms with Crippen LogP contribution in [-0.4, -0.2) is 70.8 Å². The Kier molecular flexibility index (Phi) is 6.71. The smallest absolute Gasteiger partial charge is 0.169 e. The van der Waals surface area contributed by atoms with Crippen molar-refractivity contribution in [1.29, 1.82) is 0 Å². The van der Waals surface area contributed by atoms with E-state index in [1.807, 2.05) is 25.1 Å². The van der Waals surface area contributed by atoms with Crippen LogP contribution >= 0.6 is 11.3 Å². The second kappa shape index (κ2) is 10.4. The number of aryl methyl sites for hydroxylation is 1. The number of halogens is 2. The molecular weight excluding hydrogens is 566 g/mol. The van der Waals surface area contributed by atoms with Crippen LogP contribution in [0.3, 0.4) is 0 Å². The molecule has 6 atom stereocenters. The van der Waals surface area contributed by atoms with Crippen LogP contribution in [-0.2, 0) is 15.9 Å². The number of benzene rings is 2. The van der Waals surface area contributed by atoms with Gasteiger partial charge < -0.3 is 19.7 Å². The first-order valence-electron chi connectivity index (χ1n) is 13.4. The number of rotatable bonds is 6. The molecule has 2 aromatic carbocycles. The molecule has 0 amide bonds. The number of hydrogen-bond donors (Lipinski definition) is 2. The maximum Gasteiger partial charge on any atom is 0.169 e. The molecule has 2 saturated heterocycles. The molecular formula is C29H26F2N6O4S. The summed E-state index contributed by atoms with van der Waals surface area (Å²) in [7, 11) is 0. The van der Waals surface area contributed by atoms with E-state index in [9.17, 15) is 19.0 Å². The fourth-order valence-corrected chi connectivity index (χ4v) is 6.67. The minimum Gasteiger partial charge on any atom is -0.388 e. The van der Waals surface area contributed by atoms with Gasteiger partial charge in [0.2, 0.25) is 0 Å². The molecule has 7 rings (SSSR count). The number of hydrogen-bond acceptors (Lipinski definition) is 9. The van der Waals surface area contributed by atoms with E-state index in [0.717, 1.165) is 27.0 Å². The van der Waals surface area contributed by atoms with E-state index in [4.69, 9.17) is 9.47 Å². The van der Waals surface area contributed by atoms with Crippen LogP contribution in [0.1, 0.15) is 28.5 Å². The second-order valence-corrected chi connectivity index (χ2v) is 11.7. The summed E-state index contributed by atoms with van der Waals surface area (Å²) in [4.78, 5) is 4.51. The lowest BCUT2D eigenvalue weighted by molar-refractivity contribution is -0.195. The highest BCUT2D eigenvalue weighted by atomic mass is 32.1. The Morgan fingerprint density at radius 2 is 2.02 bits per heavy atom. The first kappa shape index (κ1) is 27.0.